The fourth-order valence-corrected chi connectivity index (χ4v) is 2.86. The molecule has 3 aromatic rings. The molecule has 0 aliphatic rings. The number of aromatic nitrogens is 2. The van der Waals surface area contributed by atoms with Gasteiger partial charge >= 0.3 is 0 Å². The number of fused-ring (bicyclic) bond motifs is 1. The van der Waals surface area contributed by atoms with Crippen LogP contribution >= 0.6 is 15.9 Å². The number of aryl methyl sites for hydroxylation is 2. The Morgan fingerprint density at radius 3 is 2.70 bits per heavy atom. The maximum Gasteiger partial charge on any atom is 0.137 e. The lowest BCUT2D eigenvalue weighted by molar-refractivity contribution is 0.413. The average molecular weight is 331 g/mol. The van der Waals surface area contributed by atoms with E-state index < -0.39 is 0 Å². The number of pyridine rings is 1. The molecule has 102 valence electrons. The first kappa shape index (κ1) is 13.2. The number of imidazole rings is 1. The number of hydrogen-bond donors (Lipinski definition) is 0. The van der Waals surface area contributed by atoms with Gasteiger partial charge in [-0.05, 0) is 59.1 Å². The van der Waals surface area contributed by atoms with Crippen molar-refractivity contribution in [1.82, 2.24) is 9.38 Å². The molecule has 3 nitrogen and oxygen atoms in total. The molecule has 0 saturated heterocycles. The van der Waals surface area contributed by atoms with Crippen LogP contribution in [0.15, 0.2) is 41.1 Å². The number of hydrogen-bond acceptors (Lipinski definition) is 2. The van der Waals surface area contributed by atoms with Gasteiger partial charge in [-0.1, -0.05) is 6.07 Å². The Morgan fingerprint density at radius 1 is 1.15 bits per heavy atom. The third-order valence-corrected chi connectivity index (χ3v) is 3.78. The number of nitrogens with zero attached hydrogens (tertiary/aromatic N) is 2. The van der Waals surface area contributed by atoms with E-state index in [0.717, 1.165) is 32.7 Å². The van der Waals surface area contributed by atoms with Crippen molar-refractivity contribution < 1.29 is 4.74 Å². The van der Waals surface area contributed by atoms with Crippen LogP contribution in [-0.4, -0.2) is 16.5 Å². The summed E-state index contributed by atoms with van der Waals surface area (Å²) in [7, 11) is 1.70. The molecular formula is C16H15BrN2O. The number of methoxy groups -OCH3 is 1. The minimum atomic E-state index is 0.887. The Kier molecular flexibility index (Phi) is 3.26. The number of rotatable bonds is 2. The fraction of sp³-hybridized carbons (Fsp3) is 0.188. The molecule has 0 aliphatic carbocycles. The van der Waals surface area contributed by atoms with Crippen LogP contribution in [0.5, 0.6) is 5.75 Å². The van der Waals surface area contributed by atoms with Gasteiger partial charge in [-0.2, -0.15) is 0 Å². The molecule has 0 radical (unpaired) electrons. The monoisotopic (exact) mass is 330 g/mol. The summed E-state index contributed by atoms with van der Waals surface area (Å²) in [5, 5.41) is 0. The first-order valence-electron chi connectivity index (χ1n) is 6.38. The topological polar surface area (TPSA) is 26.5 Å². The van der Waals surface area contributed by atoms with Gasteiger partial charge in [0.15, 0.2) is 0 Å². The molecule has 3 rings (SSSR count). The highest BCUT2D eigenvalue weighted by Crippen LogP contribution is 2.33. The van der Waals surface area contributed by atoms with Gasteiger partial charge in [0.25, 0.3) is 0 Å². The Morgan fingerprint density at radius 2 is 1.95 bits per heavy atom. The van der Waals surface area contributed by atoms with Gasteiger partial charge in [0.05, 0.1) is 12.8 Å². The summed E-state index contributed by atoms with van der Waals surface area (Å²) in [6, 6.07) is 8.21. The molecule has 4 heteroatoms. The maximum atomic E-state index is 5.55. The van der Waals surface area contributed by atoms with Crippen molar-refractivity contribution in [1.29, 1.82) is 0 Å². The van der Waals surface area contributed by atoms with Gasteiger partial charge in [-0.3, -0.25) is 0 Å². The van der Waals surface area contributed by atoms with Gasteiger partial charge in [-0.15, -0.1) is 0 Å². The molecular weight excluding hydrogens is 316 g/mol. The Bertz CT molecular complexity index is 793. The molecule has 0 spiro atoms. The minimum absolute atomic E-state index is 0.887. The van der Waals surface area contributed by atoms with E-state index in [9.17, 15) is 0 Å². The Labute approximate surface area is 126 Å². The van der Waals surface area contributed by atoms with Gasteiger partial charge in [-0.25, -0.2) is 4.98 Å². The van der Waals surface area contributed by atoms with Gasteiger partial charge in [0, 0.05) is 22.4 Å². The van der Waals surface area contributed by atoms with Crippen LogP contribution in [-0.2, 0) is 0 Å². The van der Waals surface area contributed by atoms with Crippen LogP contribution in [0.25, 0.3) is 16.9 Å². The zero-order valence-corrected chi connectivity index (χ0v) is 13.2. The second-order valence-corrected chi connectivity index (χ2v) is 5.82. The van der Waals surface area contributed by atoms with E-state index in [1.807, 2.05) is 28.9 Å². The highest BCUT2D eigenvalue weighted by Gasteiger charge is 2.13. The summed E-state index contributed by atoms with van der Waals surface area (Å²) in [6.07, 6.45) is 4.03. The Balaban J connectivity index is 2.24. The SMILES string of the molecule is COc1c(C)cc(C)cc1-c1cn2cc(Br)ccc2n1. The van der Waals surface area contributed by atoms with Crippen LogP contribution in [0, 0.1) is 13.8 Å². The van der Waals surface area contributed by atoms with E-state index in [-0.39, 0.29) is 0 Å². The second-order valence-electron chi connectivity index (χ2n) is 4.90. The highest BCUT2D eigenvalue weighted by molar-refractivity contribution is 9.10. The molecule has 0 N–H and O–H groups in total. The van der Waals surface area contributed by atoms with Crippen molar-refractivity contribution in [2.24, 2.45) is 0 Å². The number of ether oxygens (including phenoxy) is 1. The van der Waals surface area contributed by atoms with Crippen molar-refractivity contribution >= 4 is 21.6 Å². The molecule has 0 bridgehead atoms. The van der Waals surface area contributed by atoms with Crippen LogP contribution in [0.2, 0.25) is 0 Å². The van der Waals surface area contributed by atoms with E-state index in [1.54, 1.807) is 7.11 Å². The molecule has 1 aromatic carbocycles. The predicted octanol–water partition coefficient (Wildman–Crippen LogP) is 4.39. The number of benzene rings is 1. The molecule has 0 saturated carbocycles. The maximum absolute atomic E-state index is 5.55. The summed E-state index contributed by atoms with van der Waals surface area (Å²) in [4.78, 5) is 4.68. The zero-order chi connectivity index (χ0) is 14.3. The second kappa shape index (κ2) is 4.94. The van der Waals surface area contributed by atoms with Crippen LogP contribution in [0.1, 0.15) is 11.1 Å². The molecule has 0 atom stereocenters. The van der Waals surface area contributed by atoms with Gasteiger partial charge < -0.3 is 9.14 Å². The lowest BCUT2D eigenvalue weighted by Crippen LogP contribution is -1.92. The summed E-state index contributed by atoms with van der Waals surface area (Å²) in [6.45, 7) is 4.14. The van der Waals surface area contributed by atoms with Crippen LogP contribution in [0.4, 0.5) is 0 Å². The molecule has 20 heavy (non-hydrogen) atoms. The van der Waals surface area contributed by atoms with E-state index >= 15 is 0 Å². The largest absolute Gasteiger partial charge is 0.496 e. The number of halogens is 1. The third kappa shape index (κ3) is 2.20. The van der Waals surface area contributed by atoms with Gasteiger partial charge in [0.1, 0.15) is 11.4 Å². The molecule has 2 heterocycles. The lowest BCUT2D eigenvalue weighted by Gasteiger charge is -2.10. The smallest absolute Gasteiger partial charge is 0.137 e. The molecule has 0 amide bonds. The van der Waals surface area contributed by atoms with Gasteiger partial charge in [0.2, 0.25) is 0 Å². The van der Waals surface area contributed by atoms with Crippen LogP contribution in [0.3, 0.4) is 0 Å². The summed E-state index contributed by atoms with van der Waals surface area (Å²) in [5.74, 6) is 0.887. The normalized spacial score (nSPS) is 11.0. The predicted molar refractivity (Wildman–Crippen MR) is 84.4 cm³/mol. The average Bonchev–Trinajstić information content (AvgIpc) is 2.80. The van der Waals surface area contributed by atoms with E-state index in [2.05, 4.69) is 46.9 Å². The third-order valence-electron chi connectivity index (χ3n) is 3.31. The zero-order valence-electron chi connectivity index (χ0n) is 11.6. The quantitative estimate of drug-likeness (QED) is 0.696. The minimum Gasteiger partial charge on any atom is -0.496 e. The van der Waals surface area contributed by atoms with Crippen molar-refractivity contribution in [2.75, 3.05) is 7.11 Å². The molecule has 2 aromatic heterocycles. The summed E-state index contributed by atoms with van der Waals surface area (Å²) >= 11 is 3.48. The van der Waals surface area contributed by atoms with Crippen molar-refractivity contribution in [3.8, 4) is 17.0 Å². The Hall–Kier alpha value is -1.81. The van der Waals surface area contributed by atoms with E-state index in [0.29, 0.717) is 0 Å². The van der Waals surface area contributed by atoms with Crippen molar-refractivity contribution in [2.45, 2.75) is 13.8 Å². The molecule has 0 fully saturated rings. The van der Waals surface area contributed by atoms with E-state index in [4.69, 9.17) is 4.74 Å². The summed E-state index contributed by atoms with van der Waals surface area (Å²) in [5.41, 5.74) is 5.21. The van der Waals surface area contributed by atoms with E-state index in [1.165, 1.54) is 5.56 Å². The fourth-order valence-electron chi connectivity index (χ4n) is 2.51. The molecule has 0 unspecified atom stereocenters. The first-order valence-corrected chi connectivity index (χ1v) is 7.17. The first-order chi connectivity index (χ1) is 9.58. The van der Waals surface area contributed by atoms with Crippen molar-refractivity contribution in [3.63, 3.8) is 0 Å². The standard InChI is InChI=1S/C16H15BrN2O/c1-10-6-11(2)16(20-3)13(7-10)14-9-19-8-12(17)4-5-15(19)18-14/h4-9H,1-3H3. The lowest BCUT2D eigenvalue weighted by atomic mass is 10.0. The van der Waals surface area contributed by atoms with Crippen LogP contribution < -0.4 is 4.74 Å². The highest BCUT2D eigenvalue weighted by atomic mass is 79.9. The summed E-state index contributed by atoms with van der Waals surface area (Å²) < 4.78 is 8.59. The molecule has 0 aliphatic heterocycles. The van der Waals surface area contributed by atoms with Crippen molar-refractivity contribution in [3.05, 3.63) is 52.3 Å².